The molecule has 4 N–H and O–H groups in total. The number of hydrogen-bond donors (Lipinski definition) is 2. The van der Waals surface area contributed by atoms with Crippen LogP contribution in [0.25, 0.3) is 11.4 Å². The van der Waals surface area contributed by atoms with Crippen LogP contribution in [0.2, 0.25) is 0 Å². The summed E-state index contributed by atoms with van der Waals surface area (Å²) >= 11 is 0. The van der Waals surface area contributed by atoms with Crippen molar-refractivity contribution in [2.75, 3.05) is 11.5 Å². The van der Waals surface area contributed by atoms with Gasteiger partial charge >= 0.3 is 0 Å². The third-order valence-electron chi connectivity index (χ3n) is 3.40. The van der Waals surface area contributed by atoms with Gasteiger partial charge in [0.05, 0.1) is 6.04 Å². The van der Waals surface area contributed by atoms with Gasteiger partial charge in [0.2, 0.25) is 0 Å². The van der Waals surface area contributed by atoms with Crippen LogP contribution >= 0.6 is 0 Å². The molecule has 18 heavy (non-hydrogen) atoms. The first-order valence-electron chi connectivity index (χ1n) is 6.18. The number of hydrogen-bond acceptors (Lipinski definition) is 5. The highest BCUT2D eigenvalue weighted by atomic mass is 15.5. The Morgan fingerprint density at radius 2 is 1.72 bits per heavy atom. The Labute approximate surface area is 105 Å². The van der Waals surface area contributed by atoms with E-state index in [-0.39, 0.29) is 0 Å². The van der Waals surface area contributed by atoms with E-state index in [0.29, 0.717) is 17.4 Å². The van der Waals surface area contributed by atoms with Gasteiger partial charge < -0.3 is 11.5 Å². The zero-order valence-electron chi connectivity index (χ0n) is 10.1. The highest BCUT2D eigenvalue weighted by Crippen LogP contribution is 2.32. The number of nitrogens with two attached hydrogens (primary N) is 2. The first kappa shape index (κ1) is 11.0. The fraction of sp³-hybridized carbons (Fsp3) is 0.417. The lowest BCUT2D eigenvalue weighted by Gasteiger charge is -2.11. The zero-order chi connectivity index (χ0) is 12.5. The lowest BCUT2D eigenvalue weighted by atomic mass is 10.1. The van der Waals surface area contributed by atoms with Crippen molar-refractivity contribution in [2.45, 2.75) is 31.7 Å². The van der Waals surface area contributed by atoms with E-state index in [1.165, 1.54) is 12.8 Å². The van der Waals surface area contributed by atoms with Gasteiger partial charge in [0.15, 0.2) is 5.82 Å². The molecular weight excluding hydrogens is 228 g/mol. The van der Waals surface area contributed by atoms with Crippen molar-refractivity contribution < 1.29 is 0 Å². The Balaban J connectivity index is 2.03. The predicted molar refractivity (Wildman–Crippen MR) is 69.6 cm³/mol. The van der Waals surface area contributed by atoms with Crippen molar-refractivity contribution in [2.24, 2.45) is 0 Å². The molecule has 1 heterocycles. The Bertz CT molecular complexity index is 535. The minimum Gasteiger partial charge on any atom is -0.399 e. The van der Waals surface area contributed by atoms with Gasteiger partial charge in [-0.2, -0.15) is 0 Å². The van der Waals surface area contributed by atoms with E-state index in [4.69, 9.17) is 11.5 Å². The highest BCUT2D eigenvalue weighted by molar-refractivity contribution is 5.67. The smallest absolute Gasteiger partial charge is 0.182 e. The monoisotopic (exact) mass is 244 g/mol. The van der Waals surface area contributed by atoms with Crippen LogP contribution in [0.3, 0.4) is 0 Å². The zero-order valence-corrected chi connectivity index (χ0v) is 10.1. The molecule has 1 fully saturated rings. The van der Waals surface area contributed by atoms with Crippen molar-refractivity contribution in [3.05, 3.63) is 18.2 Å². The molecule has 6 nitrogen and oxygen atoms in total. The fourth-order valence-corrected chi connectivity index (χ4v) is 2.58. The summed E-state index contributed by atoms with van der Waals surface area (Å²) in [5, 5.41) is 12.0. The molecule has 3 rings (SSSR count). The summed E-state index contributed by atoms with van der Waals surface area (Å²) in [7, 11) is 0. The minimum atomic E-state index is 0.401. The molecule has 1 aromatic carbocycles. The van der Waals surface area contributed by atoms with E-state index in [0.717, 1.165) is 24.2 Å². The number of benzene rings is 1. The summed E-state index contributed by atoms with van der Waals surface area (Å²) in [6.07, 6.45) is 4.75. The summed E-state index contributed by atoms with van der Waals surface area (Å²) in [6, 6.07) is 5.84. The average molecular weight is 244 g/mol. The second-order valence-corrected chi connectivity index (χ2v) is 4.77. The fourth-order valence-electron chi connectivity index (χ4n) is 2.58. The second kappa shape index (κ2) is 4.29. The van der Waals surface area contributed by atoms with Gasteiger partial charge in [0.1, 0.15) is 0 Å². The van der Waals surface area contributed by atoms with Crippen LogP contribution in [0.5, 0.6) is 0 Å². The Morgan fingerprint density at radius 1 is 1.06 bits per heavy atom. The third-order valence-corrected chi connectivity index (χ3v) is 3.40. The van der Waals surface area contributed by atoms with E-state index in [2.05, 4.69) is 15.5 Å². The van der Waals surface area contributed by atoms with Crippen LogP contribution in [0.4, 0.5) is 11.4 Å². The molecule has 94 valence electrons. The van der Waals surface area contributed by atoms with Crippen LogP contribution in [0, 0.1) is 0 Å². The number of nitrogen functional groups attached to an aromatic ring is 2. The number of tetrazole rings is 1. The average Bonchev–Trinajstić information content (AvgIpc) is 2.98. The lowest BCUT2D eigenvalue weighted by molar-refractivity contribution is 0.458. The molecule has 0 spiro atoms. The van der Waals surface area contributed by atoms with Crippen LogP contribution in [-0.4, -0.2) is 20.2 Å². The van der Waals surface area contributed by atoms with Crippen LogP contribution < -0.4 is 11.5 Å². The summed E-state index contributed by atoms with van der Waals surface area (Å²) in [5.41, 5.74) is 13.8. The quantitative estimate of drug-likeness (QED) is 0.782. The molecule has 6 heteroatoms. The summed E-state index contributed by atoms with van der Waals surface area (Å²) in [4.78, 5) is 0. The second-order valence-electron chi connectivity index (χ2n) is 4.77. The summed E-state index contributed by atoms with van der Waals surface area (Å²) in [5.74, 6) is 0.751. The van der Waals surface area contributed by atoms with Crippen LogP contribution in [0.15, 0.2) is 18.2 Å². The molecule has 1 aliphatic carbocycles. The van der Waals surface area contributed by atoms with E-state index >= 15 is 0 Å². The van der Waals surface area contributed by atoms with Gasteiger partial charge in [0.25, 0.3) is 0 Å². The molecule has 0 bridgehead atoms. The van der Waals surface area contributed by atoms with Gasteiger partial charge in [-0.15, -0.1) is 5.10 Å². The van der Waals surface area contributed by atoms with Crippen LogP contribution in [-0.2, 0) is 0 Å². The van der Waals surface area contributed by atoms with Gasteiger partial charge in [-0.3, -0.25) is 0 Å². The molecule has 1 aromatic heterocycles. The van der Waals surface area contributed by atoms with Crippen molar-refractivity contribution in [1.29, 1.82) is 0 Å². The minimum absolute atomic E-state index is 0.401. The molecule has 2 aromatic rings. The lowest BCUT2D eigenvalue weighted by Crippen LogP contribution is -2.09. The number of nitrogens with zero attached hydrogens (tertiary/aromatic N) is 4. The molecule has 0 radical (unpaired) electrons. The van der Waals surface area contributed by atoms with Crippen LogP contribution in [0.1, 0.15) is 31.7 Å². The largest absolute Gasteiger partial charge is 0.399 e. The maximum absolute atomic E-state index is 5.81. The molecular formula is C12H16N6. The van der Waals surface area contributed by atoms with Gasteiger partial charge in [-0.05, 0) is 41.5 Å². The number of anilines is 2. The normalized spacial score (nSPS) is 16.2. The third kappa shape index (κ3) is 1.90. The van der Waals surface area contributed by atoms with Gasteiger partial charge in [-0.25, -0.2) is 4.68 Å². The number of aromatic nitrogens is 4. The standard InChI is InChI=1S/C12H16N6/c13-9-5-8(6-10(14)7-9)12-15-16-17-18(12)11-3-1-2-4-11/h5-7,11H,1-4,13-14H2. The predicted octanol–water partition coefficient (Wildman–Crippen LogP) is 1.62. The molecule has 0 aliphatic heterocycles. The molecule has 0 atom stereocenters. The highest BCUT2D eigenvalue weighted by Gasteiger charge is 2.22. The Morgan fingerprint density at radius 3 is 2.39 bits per heavy atom. The van der Waals surface area contributed by atoms with E-state index < -0.39 is 0 Å². The summed E-state index contributed by atoms with van der Waals surface area (Å²) < 4.78 is 1.90. The topological polar surface area (TPSA) is 95.6 Å². The van der Waals surface area contributed by atoms with Gasteiger partial charge in [0, 0.05) is 16.9 Å². The van der Waals surface area contributed by atoms with Crippen molar-refractivity contribution in [1.82, 2.24) is 20.2 Å². The Hall–Kier alpha value is -2.11. The first-order chi connectivity index (χ1) is 8.74. The number of rotatable bonds is 2. The summed E-state index contributed by atoms with van der Waals surface area (Å²) in [6.45, 7) is 0. The maximum atomic E-state index is 5.81. The van der Waals surface area contributed by atoms with Crippen molar-refractivity contribution >= 4 is 11.4 Å². The molecule has 0 amide bonds. The molecule has 1 aliphatic rings. The van der Waals surface area contributed by atoms with E-state index in [1.807, 2.05) is 16.8 Å². The van der Waals surface area contributed by atoms with Crippen molar-refractivity contribution in [3.8, 4) is 11.4 Å². The van der Waals surface area contributed by atoms with E-state index in [9.17, 15) is 0 Å². The molecule has 0 unspecified atom stereocenters. The SMILES string of the molecule is Nc1cc(N)cc(-c2nnnn2C2CCCC2)c1. The first-order valence-corrected chi connectivity index (χ1v) is 6.18. The maximum Gasteiger partial charge on any atom is 0.182 e. The van der Waals surface area contributed by atoms with Gasteiger partial charge in [-0.1, -0.05) is 12.8 Å². The molecule has 1 saturated carbocycles. The van der Waals surface area contributed by atoms with E-state index in [1.54, 1.807) is 6.07 Å². The van der Waals surface area contributed by atoms with Crippen molar-refractivity contribution in [3.63, 3.8) is 0 Å². The molecule has 0 saturated heterocycles. The Kier molecular flexibility index (Phi) is 2.62.